The predicted molar refractivity (Wildman–Crippen MR) is 136 cm³/mol. The van der Waals surface area contributed by atoms with E-state index in [1.54, 1.807) is 6.92 Å². The zero-order valence-corrected chi connectivity index (χ0v) is 22.3. The summed E-state index contributed by atoms with van der Waals surface area (Å²) in [4.78, 5) is 15.2. The predicted octanol–water partition coefficient (Wildman–Crippen LogP) is 2.67. The number of hydrogen-bond donors (Lipinski definition) is 3. The molecule has 5 N–H and O–H groups in total. The van der Waals surface area contributed by atoms with E-state index in [1.807, 2.05) is 0 Å². The molecule has 0 unspecified atom stereocenters. The lowest BCUT2D eigenvalue weighted by Crippen LogP contribution is -2.24. The van der Waals surface area contributed by atoms with Crippen LogP contribution in [0.5, 0.6) is 11.5 Å². The Morgan fingerprint density at radius 3 is 2.59 bits per heavy atom. The van der Waals surface area contributed by atoms with E-state index in [1.165, 1.54) is 12.1 Å². The Kier molecular flexibility index (Phi) is 6.13. The summed E-state index contributed by atoms with van der Waals surface area (Å²) in [5.41, 5.74) is 10.8. The Balaban J connectivity index is 1.53. The fourth-order valence-electron chi connectivity index (χ4n) is 3.74. The van der Waals surface area contributed by atoms with E-state index in [0.29, 0.717) is 11.5 Å². The second-order valence-electron chi connectivity index (χ2n) is 8.54. The normalized spacial score (nSPS) is 16.1. The summed E-state index contributed by atoms with van der Waals surface area (Å²) >= 11 is 7.54. The lowest BCUT2D eigenvalue weighted by atomic mass is 10.1. The van der Waals surface area contributed by atoms with Gasteiger partial charge in [-0.25, -0.2) is 16.8 Å². The van der Waals surface area contributed by atoms with Crippen molar-refractivity contribution in [1.82, 2.24) is 10.2 Å². The van der Waals surface area contributed by atoms with E-state index >= 15 is 0 Å². The van der Waals surface area contributed by atoms with E-state index < -0.39 is 37.5 Å². The molecule has 2 aromatic carbocycles. The number of aromatic nitrogens is 2. The number of nitrogens with two attached hydrogens (primary N) is 2. The molecule has 2 heterocycles. The van der Waals surface area contributed by atoms with Crippen molar-refractivity contribution in [3.05, 3.63) is 51.0 Å². The zero-order valence-electron chi connectivity index (χ0n) is 19.1. The lowest BCUT2D eigenvalue weighted by molar-refractivity contribution is 0.100. The molecule has 1 aliphatic heterocycles. The summed E-state index contributed by atoms with van der Waals surface area (Å²) in [6, 6.07) is 4.83. The van der Waals surface area contributed by atoms with Gasteiger partial charge in [0, 0.05) is 17.0 Å². The summed E-state index contributed by atoms with van der Waals surface area (Å²) in [6.45, 7) is 1.54. The molecule has 37 heavy (non-hydrogen) atoms. The number of aryl methyl sites for hydroxylation is 1. The van der Waals surface area contributed by atoms with Gasteiger partial charge in [0.25, 0.3) is 15.9 Å². The summed E-state index contributed by atoms with van der Waals surface area (Å²) in [5, 5.41) is 8.63. The van der Waals surface area contributed by atoms with Crippen LogP contribution in [0.3, 0.4) is 0 Å². The number of sulfone groups is 1. The molecule has 0 bridgehead atoms. The van der Waals surface area contributed by atoms with Gasteiger partial charge in [-0.15, -0.1) is 10.2 Å². The maximum Gasteiger partial charge on any atom is 0.280 e. The van der Waals surface area contributed by atoms with Crippen LogP contribution in [0.1, 0.15) is 45.3 Å². The number of nitrogens with one attached hydrogen (secondary N) is 1. The van der Waals surface area contributed by atoms with E-state index in [4.69, 9.17) is 27.8 Å². The van der Waals surface area contributed by atoms with Crippen molar-refractivity contribution in [1.29, 1.82) is 0 Å². The first-order valence-electron chi connectivity index (χ1n) is 10.7. The number of ether oxygens (including phenoxy) is 1. The molecular weight excluding hydrogens is 564 g/mol. The molecule has 5 rings (SSSR count). The van der Waals surface area contributed by atoms with E-state index in [0.717, 1.165) is 41.3 Å². The second-order valence-corrected chi connectivity index (χ2v) is 13.6. The standard InChI is InChI=1S/C21H19ClN6O6S3/c1-9-4-11(18(29)25-20(23)24)6-15-16(9)34-17-12(8-36(15,30)31)5-13(7-14(17)22)37(32,33)28-21-27-26-19(35-21)10-2-3-10/h4-7,10H,2-3,8H2,1H3,(H,27,28)(H4,23,24,25,29). The molecule has 0 atom stereocenters. The number of anilines is 1. The van der Waals surface area contributed by atoms with Gasteiger partial charge >= 0.3 is 0 Å². The maximum atomic E-state index is 13.3. The summed E-state index contributed by atoms with van der Waals surface area (Å²) in [6.07, 6.45) is 1.98. The fraction of sp³-hybridized carbons (Fsp3) is 0.238. The molecule has 1 aliphatic carbocycles. The second kappa shape index (κ2) is 8.93. The van der Waals surface area contributed by atoms with Gasteiger partial charge in [-0.05, 0) is 49.6 Å². The van der Waals surface area contributed by atoms with Crippen LogP contribution in [0, 0.1) is 6.92 Å². The molecule has 12 nitrogen and oxygen atoms in total. The Morgan fingerprint density at radius 1 is 1.19 bits per heavy atom. The Labute approximate surface area is 220 Å². The highest BCUT2D eigenvalue weighted by Crippen LogP contribution is 2.45. The van der Waals surface area contributed by atoms with Crippen molar-refractivity contribution in [2.45, 2.75) is 41.2 Å². The van der Waals surface area contributed by atoms with Crippen molar-refractivity contribution in [3.8, 4) is 11.5 Å². The highest BCUT2D eigenvalue weighted by Gasteiger charge is 2.33. The van der Waals surface area contributed by atoms with Crippen molar-refractivity contribution < 1.29 is 26.4 Å². The average Bonchev–Trinajstić information content (AvgIpc) is 3.56. The molecule has 1 saturated carbocycles. The van der Waals surface area contributed by atoms with Gasteiger partial charge in [-0.2, -0.15) is 4.99 Å². The van der Waals surface area contributed by atoms with Crippen molar-refractivity contribution in [2.75, 3.05) is 4.72 Å². The molecule has 1 amide bonds. The van der Waals surface area contributed by atoms with Crippen molar-refractivity contribution in [2.24, 2.45) is 16.5 Å². The molecule has 0 radical (unpaired) electrons. The molecule has 0 spiro atoms. The molecular formula is C21H19ClN6O6S3. The van der Waals surface area contributed by atoms with Crippen LogP contribution in [-0.4, -0.2) is 38.9 Å². The van der Waals surface area contributed by atoms with Gasteiger partial charge in [0.1, 0.15) is 21.4 Å². The number of halogens is 1. The van der Waals surface area contributed by atoms with Crippen LogP contribution < -0.4 is 20.9 Å². The summed E-state index contributed by atoms with van der Waals surface area (Å²) < 4.78 is 61.1. The van der Waals surface area contributed by atoms with Crippen LogP contribution in [0.2, 0.25) is 5.02 Å². The van der Waals surface area contributed by atoms with E-state index in [-0.39, 0.29) is 42.6 Å². The SMILES string of the molecule is Cc1cc(C(=O)N=C(N)N)cc2c1Oc1c(Cl)cc(S(=O)(=O)Nc3nnc(C4CC4)s3)cc1CS2(=O)=O. The smallest absolute Gasteiger partial charge is 0.280 e. The molecule has 3 aromatic rings. The number of nitrogens with zero attached hydrogens (tertiary/aromatic N) is 3. The highest BCUT2D eigenvalue weighted by atomic mass is 35.5. The van der Waals surface area contributed by atoms with Gasteiger partial charge in [0.2, 0.25) is 5.13 Å². The first-order chi connectivity index (χ1) is 17.3. The fourth-order valence-corrected chi connectivity index (χ4v) is 7.87. The molecule has 0 saturated heterocycles. The Morgan fingerprint density at radius 2 is 1.92 bits per heavy atom. The number of carbonyl (C=O) groups is 1. The van der Waals surface area contributed by atoms with Crippen LogP contribution in [0.15, 0.2) is 39.0 Å². The van der Waals surface area contributed by atoms with Gasteiger partial charge in [0.15, 0.2) is 15.8 Å². The topological polar surface area (TPSA) is 197 Å². The Hall–Kier alpha value is -3.27. The monoisotopic (exact) mass is 582 g/mol. The number of fused-ring (bicyclic) bond motifs is 2. The number of carbonyl (C=O) groups excluding carboxylic acids is 1. The van der Waals surface area contributed by atoms with Crippen molar-refractivity contribution in [3.63, 3.8) is 0 Å². The molecule has 1 aromatic heterocycles. The largest absolute Gasteiger partial charge is 0.454 e. The quantitative estimate of drug-likeness (QED) is 0.297. The number of sulfonamides is 1. The number of hydrogen-bond acceptors (Lipinski definition) is 9. The van der Waals surface area contributed by atoms with Crippen molar-refractivity contribution >= 4 is 59.8 Å². The van der Waals surface area contributed by atoms with Crippen LogP contribution in [0.25, 0.3) is 0 Å². The number of aliphatic imine (C=N–C) groups is 1. The molecule has 194 valence electrons. The minimum absolute atomic E-state index is 0.0127. The van der Waals surface area contributed by atoms with E-state index in [9.17, 15) is 21.6 Å². The Bertz CT molecular complexity index is 1710. The summed E-state index contributed by atoms with van der Waals surface area (Å²) in [7, 11) is -8.29. The third kappa shape index (κ3) is 4.99. The summed E-state index contributed by atoms with van der Waals surface area (Å²) in [5.74, 6) is -1.70. The van der Waals surface area contributed by atoms with Crippen LogP contribution in [0.4, 0.5) is 5.13 Å². The number of guanidine groups is 1. The maximum absolute atomic E-state index is 13.3. The highest BCUT2D eigenvalue weighted by molar-refractivity contribution is 7.93. The molecule has 16 heteroatoms. The molecule has 1 fully saturated rings. The van der Waals surface area contributed by atoms with Gasteiger partial charge in [0.05, 0.1) is 15.7 Å². The number of benzene rings is 2. The third-order valence-electron chi connectivity index (χ3n) is 5.60. The third-order valence-corrected chi connectivity index (χ3v) is 9.99. The van der Waals surface area contributed by atoms with E-state index in [2.05, 4.69) is 19.9 Å². The first-order valence-corrected chi connectivity index (χ1v) is 15.0. The first kappa shape index (κ1) is 25.4. The number of rotatable bonds is 5. The van der Waals surface area contributed by atoms with Crippen LogP contribution in [-0.2, 0) is 25.6 Å². The molecule has 2 aliphatic rings. The minimum atomic E-state index is -4.18. The lowest BCUT2D eigenvalue weighted by Gasteiger charge is -2.14. The average molecular weight is 583 g/mol. The van der Waals surface area contributed by atoms with Crippen LogP contribution >= 0.6 is 22.9 Å². The van der Waals surface area contributed by atoms with Gasteiger partial charge < -0.3 is 16.2 Å². The number of amides is 1. The zero-order chi connectivity index (χ0) is 26.7. The van der Waals surface area contributed by atoms with Gasteiger partial charge in [-0.1, -0.05) is 22.9 Å². The van der Waals surface area contributed by atoms with Gasteiger partial charge in [-0.3, -0.25) is 9.52 Å². The minimum Gasteiger partial charge on any atom is -0.454 e.